The Morgan fingerprint density at radius 3 is 2.93 bits per heavy atom. The van der Waals surface area contributed by atoms with E-state index in [9.17, 15) is 4.39 Å². The average molecular weight is 213 g/mol. The minimum atomic E-state index is -0.443. The van der Waals surface area contributed by atoms with Crippen molar-refractivity contribution in [1.29, 1.82) is 0 Å². The van der Waals surface area contributed by atoms with Gasteiger partial charge in [-0.2, -0.15) is 0 Å². The van der Waals surface area contributed by atoms with Crippen LogP contribution in [0.3, 0.4) is 0 Å². The highest BCUT2D eigenvalue weighted by Crippen LogP contribution is 2.20. The third-order valence-corrected chi connectivity index (χ3v) is 1.79. The highest BCUT2D eigenvalue weighted by Gasteiger charge is 2.02. The van der Waals surface area contributed by atoms with Gasteiger partial charge in [0, 0.05) is 11.4 Å². The van der Waals surface area contributed by atoms with Crippen molar-refractivity contribution in [3.8, 4) is 17.6 Å². The third kappa shape index (κ3) is 3.27. The van der Waals surface area contributed by atoms with E-state index in [-0.39, 0.29) is 5.75 Å². The van der Waals surface area contributed by atoms with E-state index in [1.54, 1.807) is 13.0 Å². The van der Waals surface area contributed by atoms with E-state index in [4.69, 9.17) is 16.3 Å². The van der Waals surface area contributed by atoms with E-state index in [0.29, 0.717) is 18.1 Å². The molecule has 0 atom stereocenters. The quantitative estimate of drug-likeness (QED) is 0.552. The predicted octanol–water partition coefficient (Wildman–Crippen LogP) is 3.27. The van der Waals surface area contributed by atoms with E-state index >= 15 is 0 Å². The molecule has 0 N–H and O–H groups in total. The van der Waals surface area contributed by atoms with Gasteiger partial charge < -0.3 is 4.74 Å². The molecule has 0 bridgehead atoms. The molecule has 0 saturated heterocycles. The third-order valence-electron chi connectivity index (χ3n) is 1.56. The van der Waals surface area contributed by atoms with E-state index in [2.05, 4.69) is 11.8 Å². The minimum absolute atomic E-state index is 0.215. The molecule has 0 aliphatic carbocycles. The van der Waals surface area contributed by atoms with Gasteiger partial charge in [-0.3, -0.25) is 0 Å². The van der Waals surface area contributed by atoms with Gasteiger partial charge in [-0.05, 0) is 25.1 Å². The van der Waals surface area contributed by atoms with Gasteiger partial charge >= 0.3 is 0 Å². The molecule has 0 aliphatic rings. The van der Waals surface area contributed by atoms with Crippen molar-refractivity contribution >= 4 is 11.6 Å². The summed E-state index contributed by atoms with van der Waals surface area (Å²) in [6.07, 6.45) is 0.596. The Kier molecular flexibility index (Phi) is 4.28. The fourth-order valence-electron chi connectivity index (χ4n) is 0.929. The van der Waals surface area contributed by atoms with Crippen molar-refractivity contribution in [2.75, 3.05) is 6.61 Å². The van der Waals surface area contributed by atoms with Crippen LogP contribution in [0, 0.1) is 17.7 Å². The average Bonchev–Trinajstić information content (AvgIpc) is 2.15. The molecule has 3 heteroatoms. The van der Waals surface area contributed by atoms with Gasteiger partial charge in [0.15, 0.2) is 11.6 Å². The number of halogens is 2. The predicted molar refractivity (Wildman–Crippen MR) is 55.0 cm³/mol. The van der Waals surface area contributed by atoms with Crippen molar-refractivity contribution in [1.82, 2.24) is 0 Å². The van der Waals surface area contributed by atoms with Crippen molar-refractivity contribution in [3.63, 3.8) is 0 Å². The lowest BCUT2D eigenvalue weighted by Crippen LogP contribution is -1.97. The molecule has 0 heterocycles. The summed E-state index contributed by atoms with van der Waals surface area (Å²) in [4.78, 5) is 0. The van der Waals surface area contributed by atoms with Crippen LogP contribution in [-0.2, 0) is 0 Å². The summed E-state index contributed by atoms with van der Waals surface area (Å²) in [7, 11) is 0. The minimum Gasteiger partial charge on any atom is -0.490 e. The topological polar surface area (TPSA) is 9.23 Å². The van der Waals surface area contributed by atoms with Crippen LogP contribution in [0.2, 0.25) is 5.02 Å². The standard InChI is InChI=1S/C11H10ClFO/c1-2-3-4-7-14-11-6-5-9(12)8-10(11)13/h5-6,8H,4,7H2,1H3. The summed E-state index contributed by atoms with van der Waals surface area (Å²) in [6.45, 7) is 2.14. The molecule has 0 saturated carbocycles. The highest BCUT2D eigenvalue weighted by molar-refractivity contribution is 6.30. The lowest BCUT2D eigenvalue weighted by atomic mass is 10.3. The summed E-state index contributed by atoms with van der Waals surface area (Å²) in [5, 5.41) is 0.364. The molecule has 14 heavy (non-hydrogen) atoms. The Morgan fingerprint density at radius 2 is 2.29 bits per heavy atom. The summed E-state index contributed by atoms with van der Waals surface area (Å²) < 4.78 is 18.3. The molecule has 1 nitrogen and oxygen atoms in total. The molecule has 0 aromatic heterocycles. The van der Waals surface area contributed by atoms with E-state index in [1.807, 2.05) is 0 Å². The zero-order chi connectivity index (χ0) is 10.4. The van der Waals surface area contributed by atoms with E-state index in [1.165, 1.54) is 12.1 Å². The van der Waals surface area contributed by atoms with Gasteiger partial charge in [-0.25, -0.2) is 4.39 Å². The molecule has 0 fully saturated rings. The van der Waals surface area contributed by atoms with Crippen molar-refractivity contribution < 1.29 is 9.13 Å². The molecular formula is C11H10ClFO. The van der Waals surface area contributed by atoms with Crippen LogP contribution in [0.25, 0.3) is 0 Å². The largest absolute Gasteiger partial charge is 0.490 e. The van der Waals surface area contributed by atoms with Crippen LogP contribution < -0.4 is 4.74 Å². The Morgan fingerprint density at radius 1 is 1.50 bits per heavy atom. The van der Waals surface area contributed by atoms with Gasteiger partial charge in [-0.1, -0.05) is 11.6 Å². The Hall–Kier alpha value is -1.20. The Bertz CT molecular complexity index is 365. The molecule has 1 rings (SSSR count). The smallest absolute Gasteiger partial charge is 0.166 e. The summed E-state index contributed by atoms with van der Waals surface area (Å²) in [5.74, 6) is 5.33. The second kappa shape index (κ2) is 5.51. The van der Waals surface area contributed by atoms with E-state index in [0.717, 1.165) is 0 Å². The number of hydrogen-bond donors (Lipinski definition) is 0. The number of ether oxygens (including phenoxy) is 1. The van der Waals surface area contributed by atoms with Gasteiger partial charge in [-0.15, -0.1) is 11.8 Å². The zero-order valence-electron chi connectivity index (χ0n) is 7.81. The number of benzene rings is 1. The summed E-state index contributed by atoms with van der Waals surface area (Å²) >= 11 is 5.58. The first kappa shape index (κ1) is 10.9. The van der Waals surface area contributed by atoms with Gasteiger partial charge in [0.2, 0.25) is 0 Å². The maximum atomic E-state index is 13.1. The molecule has 0 unspecified atom stereocenters. The second-order valence-electron chi connectivity index (χ2n) is 2.60. The monoisotopic (exact) mass is 212 g/mol. The van der Waals surface area contributed by atoms with E-state index < -0.39 is 5.82 Å². The SMILES string of the molecule is CC#CCCOc1ccc(Cl)cc1F. The maximum absolute atomic E-state index is 13.1. The van der Waals surface area contributed by atoms with Gasteiger partial charge in [0.05, 0.1) is 6.61 Å². The number of hydrogen-bond acceptors (Lipinski definition) is 1. The lowest BCUT2D eigenvalue weighted by Gasteiger charge is -2.04. The highest BCUT2D eigenvalue weighted by atomic mass is 35.5. The first-order valence-corrected chi connectivity index (χ1v) is 4.59. The van der Waals surface area contributed by atoms with Crippen LogP contribution in [0.4, 0.5) is 4.39 Å². The van der Waals surface area contributed by atoms with Crippen LogP contribution >= 0.6 is 11.6 Å². The molecule has 74 valence electrons. The Balaban J connectivity index is 2.53. The molecule has 0 spiro atoms. The molecule has 0 aliphatic heterocycles. The van der Waals surface area contributed by atoms with Crippen LogP contribution in [0.5, 0.6) is 5.75 Å². The Labute approximate surface area is 87.8 Å². The van der Waals surface area contributed by atoms with Gasteiger partial charge in [0.1, 0.15) is 0 Å². The van der Waals surface area contributed by atoms with Crippen molar-refractivity contribution in [2.45, 2.75) is 13.3 Å². The fourth-order valence-corrected chi connectivity index (χ4v) is 1.09. The normalized spacial score (nSPS) is 9.07. The molecule has 0 radical (unpaired) electrons. The molecule has 1 aromatic rings. The fraction of sp³-hybridized carbons (Fsp3) is 0.273. The first-order valence-electron chi connectivity index (χ1n) is 4.21. The maximum Gasteiger partial charge on any atom is 0.166 e. The van der Waals surface area contributed by atoms with Crippen molar-refractivity contribution in [3.05, 3.63) is 29.0 Å². The summed E-state index contributed by atoms with van der Waals surface area (Å²) in [6, 6.07) is 4.32. The first-order chi connectivity index (χ1) is 6.74. The van der Waals surface area contributed by atoms with Crippen LogP contribution in [0.15, 0.2) is 18.2 Å². The summed E-state index contributed by atoms with van der Waals surface area (Å²) in [5.41, 5.74) is 0. The van der Waals surface area contributed by atoms with Crippen molar-refractivity contribution in [2.24, 2.45) is 0 Å². The second-order valence-corrected chi connectivity index (χ2v) is 3.04. The molecule has 1 aromatic carbocycles. The zero-order valence-corrected chi connectivity index (χ0v) is 8.57. The van der Waals surface area contributed by atoms with Crippen LogP contribution in [-0.4, -0.2) is 6.61 Å². The van der Waals surface area contributed by atoms with Gasteiger partial charge in [0.25, 0.3) is 0 Å². The molecule has 0 amide bonds. The molecular weight excluding hydrogens is 203 g/mol. The van der Waals surface area contributed by atoms with Crippen LogP contribution in [0.1, 0.15) is 13.3 Å². The number of rotatable bonds is 3. The lowest BCUT2D eigenvalue weighted by molar-refractivity contribution is 0.310.